The lowest BCUT2D eigenvalue weighted by Gasteiger charge is -2.40. The third kappa shape index (κ3) is 5.13. The lowest BCUT2D eigenvalue weighted by atomic mass is 9.90. The zero-order chi connectivity index (χ0) is 22.0. The number of aliphatic hydroxyl groups is 4. The molecule has 0 spiro atoms. The van der Waals surface area contributed by atoms with E-state index in [1.807, 2.05) is 24.3 Å². The Bertz CT molecular complexity index is 865. The van der Waals surface area contributed by atoms with E-state index in [1.54, 1.807) is 6.07 Å². The van der Waals surface area contributed by atoms with Crippen LogP contribution in [0, 0.1) is 0 Å². The summed E-state index contributed by atoms with van der Waals surface area (Å²) >= 11 is 3.59. The van der Waals surface area contributed by atoms with Crippen molar-refractivity contribution in [3.8, 4) is 5.75 Å². The zero-order valence-corrected chi connectivity index (χ0v) is 18.8. The van der Waals surface area contributed by atoms with Crippen molar-refractivity contribution in [1.82, 2.24) is 0 Å². The van der Waals surface area contributed by atoms with Gasteiger partial charge in [-0.1, -0.05) is 40.2 Å². The van der Waals surface area contributed by atoms with Gasteiger partial charge in [0.1, 0.15) is 36.3 Å². The topological polar surface area (TPSA) is 99.4 Å². The molecule has 2 aromatic rings. The summed E-state index contributed by atoms with van der Waals surface area (Å²) in [7, 11) is 0. The molecule has 0 bridgehead atoms. The van der Waals surface area contributed by atoms with E-state index in [-0.39, 0.29) is 0 Å². The van der Waals surface area contributed by atoms with E-state index in [0.717, 1.165) is 34.2 Å². The highest BCUT2D eigenvalue weighted by Crippen LogP contribution is 2.34. The first kappa shape index (κ1) is 22.7. The second-order valence-electron chi connectivity index (χ2n) is 8.45. The van der Waals surface area contributed by atoms with Crippen molar-refractivity contribution in [2.75, 3.05) is 6.61 Å². The fraction of sp³-hybridized carbons (Fsp3) is 0.500. The van der Waals surface area contributed by atoms with Crippen LogP contribution in [0.5, 0.6) is 5.75 Å². The Kier molecular flexibility index (Phi) is 7.31. The number of hydrogen-bond donors (Lipinski definition) is 4. The van der Waals surface area contributed by atoms with Crippen LogP contribution in [0.4, 0.5) is 0 Å². The molecule has 1 saturated heterocycles. The summed E-state index contributed by atoms with van der Waals surface area (Å²) in [5, 5.41) is 40.0. The Hall–Kier alpha value is -1.48. The summed E-state index contributed by atoms with van der Waals surface area (Å²) < 4.78 is 12.7. The van der Waals surface area contributed by atoms with Crippen molar-refractivity contribution in [3.05, 3.63) is 63.6 Å². The molecule has 1 saturated carbocycles. The normalized spacial score (nSPS) is 29.3. The van der Waals surface area contributed by atoms with Crippen LogP contribution in [0.3, 0.4) is 0 Å². The van der Waals surface area contributed by atoms with Gasteiger partial charge in [0, 0.05) is 4.47 Å². The largest absolute Gasteiger partial charge is 0.490 e. The van der Waals surface area contributed by atoms with Crippen LogP contribution >= 0.6 is 15.9 Å². The first-order valence-electron chi connectivity index (χ1n) is 10.8. The number of ether oxygens (including phenoxy) is 2. The minimum absolute atomic E-state index is 0.329. The number of benzene rings is 2. The molecule has 7 heteroatoms. The molecule has 5 atom stereocenters. The van der Waals surface area contributed by atoms with Gasteiger partial charge in [0.2, 0.25) is 0 Å². The van der Waals surface area contributed by atoms with E-state index in [4.69, 9.17) is 9.47 Å². The van der Waals surface area contributed by atoms with Crippen LogP contribution in [-0.2, 0) is 11.2 Å². The standard InChI is InChI=1S/C24H29BrO6/c25-19-10-7-15(24-23(29)22(28)21(27)20(13-26)31-24)12-16(19)11-14-5-8-18(9-6-14)30-17-3-1-2-4-17/h5-10,12,17,20-24,26-29H,1-4,11,13H2/t20-,21-,22+,23-,24+/m1/s1. The minimum Gasteiger partial charge on any atom is -0.490 e. The summed E-state index contributed by atoms with van der Waals surface area (Å²) in [5.41, 5.74) is 2.79. The second kappa shape index (κ2) is 9.98. The van der Waals surface area contributed by atoms with E-state index in [0.29, 0.717) is 18.1 Å². The summed E-state index contributed by atoms with van der Waals surface area (Å²) in [4.78, 5) is 0. The lowest BCUT2D eigenvalue weighted by molar-refractivity contribution is -0.231. The van der Waals surface area contributed by atoms with E-state index in [2.05, 4.69) is 28.1 Å². The molecule has 31 heavy (non-hydrogen) atoms. The van der Waals surface area contributed by atoms with E-state index in [1.165, 1.54) is 12.8 Å². The smallest absolute Gasteiger partial charge is 0.119 e. The van der Waals surface area contributed by atoms with Crippen LogP contribution in [-0.4, -0.2) is 57.6 Å². The summed E-state index contributed by atoms with van der Waals surface area (Å²) in [5.74, 6) is 0.893. The van der Waals surface area contributed by atoms with Gasteiger partial charge in [-0.15, -0.1) is 0 Å². The summed E-state index contributed by atoms with van der Waals surface area (Å²) in [6.45, 7) is -0.444. The molecule has 1 aliphatic carbocycles. The van der Waals surface area contributed by atoms with Crippen LogP contribution in [0.25, 0.3) is 0 Å². The zero-order valence-electron chi connectivity index (χ0n) is 17.2. The third-order valence-corrected chi connectivity index (χ3v) is 6.99. The minimum atomic E-state index is -1.39. The highest BCUT2D eigenvalue weighted by molar-refractivity contribution is 9.10. The molecule has 2 aromatic carbocycles. The Balaban J connectivity index is 1.49. The summed E-state index contributed by atoms with van der Waals surface area (Å²) in [6, 6.07) is 13.7. The number of rotatable bonds is 6. The predicted octanol–water partition coefficient (Wildman–Crippen LogP) is 2.88. The molecule has 0 amide bonds. The van der Waals surface area contributed by atoms with E-state index >= 15 is 0 Å². The van der Waals surface area contributed by atoms with Gasteiger partial charge >= 0.3 is 0 Å². The maximum absolute atomic E-state index is 10.4. The van der Waals surface area contributed by atoms with Gasteiger partial charge in [-0.05, 0) is 67.0 Å². The van der Waals surface area contributed by atoms with Crippen LogP contribution < -0.4 is 4.74 Å². The average Bonchev–Trinajstić information content (AvgIpc) is 3.28. The highest BCUT2D eigenvalue weighted by Gasteiger charge is 2.44. The third-order valence-electron chi connectivity index (χ3n) is 6.21. The maximum Gasteiger partial charge on any atom is 0.119 e. The molecule has 168 valence electrons. The molecule has 1 aliphatic heterocycles. The highest BCUT2D eigenvalue weighted by atomic mass is 79.9. The van der Waals surface area contributed by atoms with Crippen molar-refractivity contribution in [2.24, 2.45) is 0 Å². The molecule has 6 nitrogen and oxygen atoms in total. The summed E-state index contributed by atoms with van der Waals surface area (Å²) in [6.07, 6.45) is -0.106. The Morgan fingerprint density at radius 2 is 1.65 bits per heavy atom. The Morgan fingerprint density at radius 1 is 0.935 bits per heavy atom. The lowest BCUT2D eigenvalue weighted by Crippen LogP contribution is -2.55. The van der Waals surface area contributed by atoms with Gasteiger partial charge < -0.3 is 29.9 Å². The molecule has 2 fully saturated rings. The fourth-order valence-electron chi connectivity index (χ4n) is 4.39. The van der Waals surface area contributed by atoms with Crippen molar-refractivity contribution in [3.63, 3.8) is 0 Å². The molecule has 4 rings (SSSR count). The Labute approximate surface area is 190 Å². The van der Waals surface area contributed by atoms with Crippen molar-refractivity contribution < 1.29 is 29.9 Å². The van der Waals surface area contributed by atoms with Crippen molar-refractivity contribution in [1.29, 1.82) is 0 Å². The van der Waals surface area contributed by atoms with Crippen LogP contribution in [0.15, 0.2) is 46.9 Å². The van der Waals surface area contributed by atoms with Crippen LogP contribution in [0.1, 0.15) is 48.5 Å². The first-order chi connectivity index (χ1) is 15.0. The molecular weight excluding hydrogens is 464 g/mol. The molecule has 0 unspecified atom stereocenters. The van der Waals surface area contributed by atoms with Gasteiger partial charge in [0.25, 0.3) is 0 Å². The first-order valence-corrected chi connectivity index (χ1v) is 11.6. The monoisotopic (exact) mass is 492 g/mol. The molecule has 0 radical (unpaired) electrons. The molecule has 0 aromatic heterocycles. The maximum atomic E-state index is 10.4. The molecule has 4 N–H and O–H groups in total. The van der Waals surface area contributed by atoms with Gasteiger partial charge in [0.15, 0.2) is 0 Å². The average molecular weight is 493 g/mol. The molecule has 2 aliphatic rings. The van der Waals surface area contributed by atoms with Crippen molar-refractivity contribution in [2.45, 2.75) is 68.7 Å². The SMILES string of the molecule is OC[C@H]1O[C@@H](c2ccc(Br)c(Cc3ccc(OC4CCCC4)cc3)c2)[C@H](O)[C@@H](O)[C@@H]1O. The van der Waals surface area contributed by atoms with Crippen LogP contribution in [0.2, 0.25) is 0 Å². The molecular formula is C24H29BrO6. The van der Waals surface area contributed by atoms with Crippen molar-refractivity contribution >= 4 is 15.9 Å². The second-order valence-corrected chi connectivity index (χ2v) is 9.30. The fourth-order valence-corrected chi connectivity index (χ4v) is 4.78. The quantitative estimate of drug-likeness (QED) is 0.494. The Morgan fingerprint density at radius 3 is 2.32 bits per heavy atom. The number of halogens is 1. The van der Waals surface area contributed by atoms with E-state index < -0.39 is 37.1 Å². The molecule has 1 heterocycles. The van der Waals surface area contributed by atoms with Gasteiger partial charge in [0.05, 0.1) is 12.7 Å². The predicted molar refractivity (Wildman–Crippen MR) is 119 cm³/mol. The van der Waals surface area contributed by atoms with Gasteiger partial charge in [-0.3, -0.25) is 0 Å². The number of hydrogen-bond acceptors (Lipinski definition) is 6. The van der Waals surface area contributed by atoms with Gasteiger partial charge in [-0.2, -0.15) is 0 Å². The van der Waals surface area contributed by atoms with Gasteiger partial charge in [-0.25, -0.2) is 0 Å². The number of aliphatic hydroxyl groups excluding tert-OH is 4. The van der Waals surface area contributed by atoms with E-state index in [9.17, 15) is 20.4 Å².